The lowest BCUT2D eigenvalue weighted by atomic mass is 9.64. The van der Waals surface area contributed by atoms with Crippen molar-refractivity contribution < 1.29 is 9.59 Å². The number of anilines is 2. The second-order valence-corrected chi connectivity index (χ2v) is 7.61. The van der Waals surface area contributed by atoms with E-state index < -0.39 is 5.41 Å². The number of nitrogens with zero attached hydrogens (tertiary/aromatic N) is 1. The summed E-state index contributed by atoms with van der Waals surface area (Å²) in [4.78, 5) is 29.6. The lowest BCUT2D eigenvalue weighted by Crippen LogP contribution is -2.46. The summed E-state index contributed by atoms with van der Waals surface area (Å²) >= 11 is 6.14. The Morgan fingerprint density at radius 2 is 1.66 bits per heavy atom. The number of carbonyl (C=O) groups is 2. The lowest BCUT2D eigenvalue weighted by Gasteiger charge is -2.40. The van der Waals surface area contributed by atoms with E-state index >= 15 is 0 Å². The van der Waals surface area contributed by atoms with Gasteiger partial charge in [0.2, 0.25) is 5.91 Å². The predicted octanol–water partition coefficient (Wildman–Crippen LogP) is 5.05. The molecule has 1 heterocycles. The van der Waals surface area contributed by atoms with Gasteiger partial charge < -0.3 is 10.6 Å². The molecule has 5 nitrogen and oxygen atoms in total. The van der Waals surface area contributed by atoms with Crippen LogP contribution in [0.1, 0.15) is 35.2 Å². The molecule has 2 amide bonds. The van der Waals surface area contributed by atoms with E-state index in [0.29, 0.717) is 22.0 Å². The molecule has 0 radical (unpaired) electrons. The van der Waals surface area contributed by atoms with Crippen molar-refractivity contribution in [2.45, 2.75) is 24.7 Å². The maximum atomic E-state index is 13.1. The molecule has 1 aromatic heterocycles. The van der Waals surface area contributed by atoms with Gasteiger partial charge >= 0.3 is 0 Å². The first kappa shape index (κ1) is 19.2. The highest BCUT2D eigenvalue weighted by Gasteiger charge is 2.45. The molecule has 146 valence electrons. The van der Waals surface area contributed by atoms with Gasteiger partial charge in [-0.3, -0.25) is 14.6 Å². The first-order valence-electron chi connectivity index (χ1n) is 9.46. The van der Waals surface area contributed by atoms with Crippen LogP contribution < -0.4 is 10.6 Å². The summed E-state index contributed by atoms with van der Waals surface area (Å²) in [5.41, 5.74) is 2.07. The van der Waals surface area contributed by atoms with Crippen LogP contribution in [0, 0.1) is 0 Å². The zero-order chi connectivity index (χ0) is 20.3. The van der Waals surface area contributed by atoms with Gasteiger partial charge in [0.15, 0.2) is 0 Å². The number of hydrogen-bond donors (Lipinski definition) is 2. The Hall–Kier alpha value is -3.18. The molecule has 1 aliphatic rings. The second-order valence-electron chi connectivity index (χ2n) is 7.17. The van der Waals surface area contributed by atoms with Gasteiger partial charge in [0.05, 0.1) is 5.41 Å². The number of amides is 2. The van der Waals surface area contributed by atoms with Crippen molar-refractivity contribution in [3.63, 3.8) is 0 Å². The van der Waals surface area contributed by atoms with E-state index in [4.69, 9.17) is 11.6 Å². The molecule has 6 heteroatoms. The van der Waals surface area contributed by atoms with E-state index in [0.717, 1.165) is 24.8 Å². The first-order valence-corrected chi connectivity index (χ1v) is 9.84. The van der Waals surface area contributed by atoms with Gasteiger partial charge in [0.25, 0.3) is 5.91 Å². The van der Waals surface area contributed by atoms with Crippen LogP contribution >= 0.6 is 11.6 Å². The topological polar surface area (TPSA) is 71.1 Å². The molecular weight excluding hydrogens is 386 g/mol. The molecule has 3 aromatic rings. The highest BCUT2D eigenvalue weighted by Crippen LogP contribution is 2.45. The molecule has 0 atom stereocenters. The van der Waals surface area contributed by atoms with Crippen LogP contribution in [0.15, 0.2) is 73.1 Å². The molecule has 1 aliphatic carbocycles. The molecule has 0 spiro atoms. The van der Waals surface area contributed by atoms with Crippen molar-refractivity contribution in [3.8, 4) is 0 Å². The number of halogens is 1. The zero-order valence-corrected chi connectivity index (χ0v) is 16.4. The maximum absolute atomic E-state index is 13.1. The molecular formula is C23H20ClN3O2. The molecule has 2 aromatic carbocycles. The van der Waals surface area contributed by atoms with Crippen LogP contribution in [-0.2, 0) is 10.2 Å². The molecule has 0 unspecified atom stereocenters. The number of carbonyl (C=O) groups excluding carboxylic acids is 2. The van der Waals surface area contributed by atoms with Crippen molar-refractivity contribution in [3.05, 3.63) is 89.2 Å². The summed E-state index contributed by atoms with van der Waals surface area (Å²) in [6.45, 7) is 0. The highest BCUT2D eigenvalue weighted by atomic mass is 35.5. The number of benzene rings is 2. The van der Waals surface area contributed by atoms with Gasteiger partial charge in [0.1, 0.15) is 0 Å². The van der Waals surface area contributed by atoms with Crippen LogP contribution in [0.3, 0.4) is 0 Å². The van der Waals surface area contributed by atoms with Gasteiger partial charge in [-0.05, 0) is 60.9 Å². The van der Waals surface area contributed by atoms with E-state index in [1.54, 1.807) is 54.9 Å². The summed E-state index contributed by atoms with van der Waals surface area (Å²) in [6.07, 6.45) is 5.78. The van der Waals surface area contributed by atoms with E-state index in [1.165, 1.54) is 0 Å². The Morgan fingerprint density at radius 1 is 0.897 bits per heavy atom. The van der Waals surface area contributed by atoms with Crippen LogP contribution in [0.25, 0.3) is 0 Å². The zero-order valence-electron chi connectivity index (χ0n) is 15.7. The van der Waals surface area contributed by atoms with Crippen molar-refractivity contribution in [1.29, 1.82) is 0 Å². The van der Waals surface area contributed by atoms with Crippen molar-refractivity contribution in [1.82, 2.24) is 4.98 Å². The summed E-state index contributed by atoms with van der Waals surface area (Å²) in [7, 11) is 0. The van der Waals surface area contributed by atoms with Gasteiger partial charge in [0, 0.05) is 34.4 Å². The van der Waals surface area contributed by atoms with Crippen LogP contribution in [0.5, 0.6) is 0 Å². The fourth-order valence-electron chi connectivity index (χ4n) is 3.59. The average Bonchev–Trinajstić information content (AvgIpc) is 2.68. The predicted molar refractivity (Wildman–Crippen MR) is 114 cm³/mol. The maximum Gasteiger partial charge on any atom is 0.255 e. The van der Waals surface area contributed by atoms with Crippen molar-refractivity contribution in [2.75, 3.05) is 10.6 Å². The molecule has 29 heavy (non-hydrogen) atoms. The Morgan fingerprint density at radius 3 is 2.34 bits per heavy atom. The van der Waals surface area contributed by atoms with E-state index in [1.807, 2.05) is 18.2 Å². The van der Waals surface area contributed by atoms with Crippen molar-refractivity contribution in [2.24, 2.45) is 0 Å². The van der Waals surface area contributed by atoms with E-state index in [-0.39, 0.29) is 11.8 Å². The Balaban J connectivity index is 1.51. The average molecular weight is 406 g/mol. The van der Waals surface area contributed by atoms with Crippen LogP contribution in [0.4, 0.5) is 11.4 Å². The minimum atomic E-state index is -0.569. The smallest absolute Gasteiger partial charge is 0.255 e. The van der Waals surface area contributed by atoms with Gasteiger partial charge in [-0.1, -0.05) is 36.2 Å². The molecule has 0 bridgehead atoms. The number of hydrogen-bond acceptors (Lipinski definition) is 3. The van der Waals surface area contributed by atoms with Gasteiger partial charge in [-0.25, -0.2) is 0 Å². The van der Waals surface area contributed by atoms with E-state index in [9.17, 15) is 9.59 Å². The van der Waals surface area contributed by atoms with Crippen LogP contribution in [0.2, 0.25) is 5.02 Å². The standard InChI is InChI=1S/C23H20ClN3O2/c24-18-6-2-5-17(15-18)23(10-3-11-23)22(29)27-20-7-1-4-16(14-20)21(28)26-19-8-12-25-13-9-19/h1-2,4-9,12-15H,3,10-11H2,(H,27,29)(H,25,26,28). The minimum Gasteiger partial charge on any atom is -0.325 e. The van der Waals surface area contributed by atoms with Gasteiger partial charge in [-0.15, -0.1) is 0 Å². The SMILES string of the molecule is O=C(Nc1ccncc1)c1cccc(NC(=O)C2(c3cccc(Cl)c3)CCC2)c1. The number of nitrogens with one attached hydrogen (secondary N) is 2. The Kier molecular flexibility index (Phi) is 5.32. The molecule has 0 aliphatic heterocycles. The fraction of sp³-hybridized carbons (Fsp3) is 0.174. The number of aromatic nitrogens is 1. The highest BCUT2D eigenvalue weighted by molar-refractivity contribution is 6.30. The summed E-state index contributed by atoms with van der Waals surface area (Å²) < 4.78 is 0. The summed E-state index contributed by atoms with van der Waals surface area (Å²) in [6, 6.07) is 17.8. The minimum absolute atomic E-state index is 0.0716. The van der Waals surface area contributed by atoms with Crippen LogP contribution in [-0.4, -0.2) is 16.8 Å². The number of rotatable bonds is 5. The first-order chi connectivity index (χ1) is 14.1. The fourth-order valence-corrected chi connectivity index (χ4v) is 3.78. The molecule has 1 fully saturated rings. The molecule has 1 saturated carbocycles. The quantitative estimate of drug-likeness (QED) is 0.624. The van der Waals surface area contributed by atoms with Gasteiger partial charge in [-0.2, -0.15) is 0 Å². The molecule has 2 N–H and O–H groups in total. The van der Waals surface area contributed by atoms with E-state index in [2.05, 4.69) is 15.6 Å². The van der Waals surface area contributed by atoms with Crippen molar-refractivity contribution >= 4 is 34.8 Å². The second kappa shape index (κ2) is 8.05. The normalized spacial score (nSPS) is 14.5. The monoisotopic (exact) mass is 405 g/mol. The third-order valence-corrected chi connectivity index (χ3v) is 5.57. The number of pyridine rings is 1. The molecule has 0 saturated heterocycles. The third-order valence-electron chi connectivity index (χ3n) is 5.34. The summed E-state index contributed by atoms with van der Waals surface area (Å²) in [5.74, 6) is -0.321. The Labute approximate surface area is 174 Å². The summed E-state index contributed by atoms with van der Waals surface area (Å²) in [5, 5.41) is 6.43. The largest absolute Gasteiger partial charge is 0.325 e. The molecule has 4 rings (SSSR count). The lowest BCUT2D eigenvalue weighted by molar-refractivity contribution is -0.124. The third kappa shape index (κ3) is 4.00. The Bertz CT molecular complexity index is 1050.